The summed E-state index contributed by atoms with van der Waals surface area (Å²) in [6, 6.07) is 8.93. The molecule has 0 radical (unpaired) electrons. The van der Waals surface area contributed by atoms with Crippen molar-refractivity contribution >= 4 is 37.5 Å². The third-order valence-corrected chi connectivity index (χ3v) is 2.98. The molecule has 0 amide bonds. The molecule has 0 heterocycles. The predicted molar refractivity (Wildman–Crippen MR) is 104 cm³/mol. The van der Waals surface area contributed by atoms with Crippen molar-refractivity contribution in [3.63, 3.8) is 0 Å². The fraction of sp³-hybridized carbons (Fsp3) is 0.368. The molecule has 0 unspecified atom stereocenters. The summed E-state index contributed by atoms with van der Waals surface area (Å²) >= 11 is 3.62. The van der Waals surface area contributed by atoms with Gasteiger partial charge in [-0.15, -0.1) is 11.6 Å². The molecule has 0 atom stereocenters. The quantitative estimate of drug-likeness (QED) is 0.107. The van der Waals surface area contributed by atoms with Gasteiger partial charge in [0.1, 0.15) is 0 Å². The van der Waals surface area contributed by atoms with Gasteiger partial charge in [-0.25, -0.2) is 0 Å². The van der Waals surface area contributed by atoms with Crippen molar-refractivity contribution in [1.82, 2.24) is 0 Å². The molecule has 9 heteroatoms. The number of halogens is 1. The Bertz CT molecular complexity index is 623. The number of hydrogen-bond acceptors (Lipinski definition) is 6. The van der Waals surface area contributed by atoms with Crippen molar-refractivity contribution in [3.05, 3.63) is 54.1 Å². The van der Waals surface area contributed by atoms with E-state index in [1.54, 1.807) is 38.1 Å². The van der Waals surface area contributed by atoms with Crippen molar-refractivity contribution in [2.75, 3.05) is 13.2 Å². The van der Waals surface area contributed by atoms with Crippen molar-refractivity contribution in [2.45, 2.75) is 33.1 Å². The van der Waals surface area contributed by atoms with Crippen LogP contribution in [-0.4, -0.2) is 30.9 Å². The Morgan fingerprint density at radius 3 is 2.07 bits per heavy atom. The molecule has 0 saturated carbocycles. The maximum absolute atomic E-state index is 12.0. The van der Waals surface area contributed by atoms with Crippen molar-refractivity contribution in [1.29, 1.82) is 5.26 Å². The number of benzene rings is 1. The van der Waals surface area contributed by atoms with Crippen molar-refractivity contribution < 1.29 is 55.7 Å². The average Bonchev–Trinajstić information content (AvgIpc) is 2.71. The number of Topliss-reactive ketones (excluding diaryl/α,β-unsaturated/α-hetero) is 1. The van der Waals surface area contributed by atoms with Gasteiger partial charge in [0.25, 0.3) is 0 Å². The Balaban J connectivity index is -0.00000117. The standard InChI is InChI=1S/C18H21O5.CN.Cu.HI.Zn/c1-3-22-17(20)13-15(18(21)23-4-2)11-8-12-16(19)14-9-6-5-7-10-14;1-2;;;/h5-7,9-10H,3-4,8,11-12H2,1-2H3;;;1H;/q2*-1;+1;;+2/p-1. The summed E-state index contributed by atoms with van der Waals surface area (Å²) in [4.78, 5) is 35.3. The first-order valence-electron chi connectivity index (χ1n) is 8.12. The molecule has 0 bridgehead atoms. The molecule has 0 aliphatic carbocycles. The Morgan fingerprint density at radius 1 is 1.04 bits per heavy atom. The summed E-state index contributed by atoms with van der Waals surface area (Å²) < 4.78 is 9.65. The first-order chi connectivity index (χ1) is 13.1. The molecule has 28 heavy (non-hydrogen) atoms. The molecular weight excluding hydrogens is 578 g/mol. The third-order valence-electron chi connectivity index (χ3n) is 2.98. The van der Waals surface area contributed by atoms with Crippen LogP contribution in [0.4, 0.5) is 0 Å². The Hall–Kier alpha value is -1.07. The first kappa shape index (κ1) is 31.6. The van der Waals surface area contributed by atoms with Gasteiger partial charge in [-0.05, 0) is 20.3 Å². The monoisotopic (exact) mass is 597 g/mol. The SMILES string of the molecule is CCOC(=O)[C-]=C(CCCC(=O)c1ccccc1)C(=O)OCC.[C-]#N.[Cu+].[Zn+][I]. The number of ketones is 1. The second-order valence-electron chi connectivity index (χ2n) is 4.69. The molecule has 0 aliphatic heterocycles. The Kier molecular flexibility index (Phi) is 25.1. The van der Waals surface area contributed by atoms with E-state index < -0.39 is 11.9 Å². The fourth-order valence-electron chi connectivity index (χ4n) is 1.92. The second-order valence-corrected chi connectivity index (χ2v) is 4.69. The summed E-state index contributed by atoms with van der Waals surface area (Å²) in [5, 5.41) is 6.25. The van der Waals surface area contributed by atoms with E-state index in [4.69, 9.17) is 21.3 Å². The van der Waals surface area contributed by atoms with E-state index in [0.29, 0.717) is 12.0 Å². The van der Waals surface area contributed by atoms with Crippen LogP contribution in [0.25, 0.3) is 0 Å². The van der Waals surface area contributed by atoms with E-state index in [1.165, 1.54) is 14.8 Å². The number of rotatable bonds is 9. The number of nitrogens with zero attached hydrogens (tertiary/aromatic N) is 1. The third kappa shape index (κ3) is 14.9. The number of esters is 2. The molecule has 0 fully saturated rings. The van der Waals surface area contributed by atoms with Crippen LogP contribution in [0.5, 0.6) is 0 Å². The zero-order chi connectivity index (χ0) is 21.1. The van der Waals surface area contributed by atoms with E-state index in [9.17, 15) is 14.4 Å². The van der Waals surface area contributed by atoms with Crippen molar-refractivity contribution in [2.24, 2.45) is 0 Å². The average molecular weight is 599 g/mol. The molecule has 1 aromatic carbocycles. The normalized spacial score (nSPS) is 9.32. The summed E-state index contributed by atoms with van der Waals surface area (Å²) in [5.74, 6) is -1.32. The van der Waals surface area contributed by atoms with Crippen LogP contribution in [0.1, 0.15) is 43.5 Å². The molecule has 6 nitrogen and oxygen atoms in total. The molecular formula is C19H21CuINO5Zn. The zero-order valence-electron chi connectivity index (χ0n) is 15.8. The Labute approximate surface area is 197 Å². The van der Waals surface area contributed by atoms with Crippen LogP contribution in [0.2, 0.25) is 0 Å². The van der Waals surface area contributed by atoms with Crippen molar-refractivity contribution in [3.8, 4) is 0 Å². The van der Waals surface area contributed by atoms with E-state index in [1.807, 2.05) is 6.07 Å². The maximum atomic E-state index is 12.0. The van der Waals surface area contributed by atoms with Gasteiger partial charge >= 0.3 is 51.6 Å². The van der Waals surface area contributed by atoms with Crippen LogP contribution in [0.15, 0.2) is 35.9 Å². The predicted octanol–water partition coefficient (Wildman–Crippen LogP) is 3.87. The fourth-order valence-corrected chi connectivity index (χ4v) is 1.92. The zero-order valence-corrected chi connectivity index (χ0v) is 21.9. The van der Waals surface area contributed by atoms with Crippen LogP contribution in [0.3, 0.4) is 0 Å². The summed E-state index contributed by atoms with van der Waals surface area (Å²) in [5.41, 5.74) is 0.731. The number of carbonyl (C=O) groups is 3. The minimum absolute atomic E-state index is 0. The second kappa shape index (κ2) is 22.2. The van der Waals surface area contributed by atoms with E-state index in [0.717, 1.165) is 0 Å². The molecule has 0 spiro atoms. The molecule has 0 aliphatic rings. The van der Waals surface area contributed by atoms with Gasteiger partial charge in [-0.2, -0.15) is 0 Å². The molecule has 0 aromatic heterocycles. The van der Waals surface area contributed by atoms with Crippen LogP contribution in [-0.2, 0) is 50.9 Å². The van der Waals surface area contributed by atoms with Gasteiger partial charge in [-0.3, -0.25) is 9.59 Å². The summed E-state index contributed by atoms with van der Waals surface area (Å²) in [6.45, 7) is 8.51. The summed E-state index contributed by atoms with van der Waals surface area (Å²) in [6.07, 6.45) is 3.32. The molecule has 1 aromatic rings. The van der Waals surface area contributed by atoms with E-state index in [-0.39, 0.29) is 54.5 Å². The van der Waals surface area contributed by atoms with Gasteiger partial charge in [0.15, 0.2) is 11.8 Å². The van der Waals surface area contributed by atoms with E-state index in [2.05, 4.69) is 25.8 Å². The summed E-state index contributed by atoms with van der Waals surface area (Å²) in [7, 11) is 0. The van der Waals surface area contributed by atoms with Gasteiger partial charge in [0, 0.05) is 12.0 Å². The first-order valence-corrected chi connectivity index (χ1v) is 17.2. The Morgan fingerprint density at radius 2 is 1.57 bits per heavy atom. The van der Waals surface area contributed by atoms with Gasteiger partial charge in [0.2, 0.25) is 5.97 Å². The van der Waals surface area contributed by atoms with Crippen LogP contribution in [0, 0.1) is 17.9 Å². The minimum atomic E-state index is -0.704. The van der Waals surface area contributed by atoms with E-state index >= 15 is 0 Å². The van der Waals surface area contributed by atoms with Gasteiger partial charge in [-0.1, -0.05) is 36.8 Å². The topological polar surface area (TPSA) is 93.5 Å². The number of carbonyl (C=O) groups excluding carboxylic acids is 3. The van der Waals surface area contributed by atoms with Crippen LogP contribution >= 0.6 is 19.8 Å². The van der Waals surface area contributed by atoms with Gasteiger partial charge < -0.3 is 26.1 Å². The molecule has 152 valence electrons. The molecule has 1 rings (SSSR count). The number of ether oxygens (including phenoxy) is 2. The van der Waals surface area contributed by atoms with Gasteiger partial charge in [0.05, 0.1) is 13.2 Å². The number of hydrogen-bond donors (Lipinski definition) is 0. The molecule has 0 saturated heterocycles. The van der Waals surface area contributed by atoms with Crippen LogP contribution < -0.4 is 0 Å². The molecule has 0 N–H and O–H groups in total.